The van der Waals surface area contributed by atoms with Crippen LogP contribution in [0.15, 0.2) is 0 Å². The molecule has 3 aliphatic rings. The second-order valence-electron chi connectivity index (χ2n) is 4.93. The van der Waals surface area contributed by atoms with Gasteiger partial charge < -0.3 is 0 Å². The van der Waals surface area contributed by atoms with Crippen LogP contribution < -0.4 is 5.32 Å². The predicted molar refractivity (Wildman–Crippen MR) is 74.3 cm³/mol. The fourth-order valence-electron chi connectivity index (χ4n) is 2.15. The van der Waals surface area contributed by atoms with Gasteiger partial charge in [0.1, 0.15) is 0 Å². The Bertz CT molecular complexity index is 292. The van der Waals surface area contributed by atoms with Gasteiger partial charge in [-0.15, -0.1) is 0 Å². The average Bonchev–Trinajstić information content (AvgIpc) is 2.36. The number of rotatable bonds is 5. The molecule has 20 heavy (non-hydrogen) atoms. The van der Waals surface area contributed by atoms with Gasteiger partial charge in [-0.3, -0.25) is 0 Å². The minimum absolute atomic E-state index is 0.137. The van der Waals surface area contributed by atoms with Gasteiger partial charge in [-0.05, 0) is 0 Å². The fraction of sp³-hybridized carbons (Fsp3) is 0.917. The molecule has 2 bridgehead atoms. The third kappa shape index (κ3) is 4.89. The number of amides is 1. The number of nitrogens with zero attached hydrogens (tertiary/aromatic N) is 1. The number of ether oxygens (including phenoxy) is 1. The number of hydrogen-bond acceptors (Lipinski definition) is 6. The van der Waals surface area contributed by atoms with E-state index in [1.54, 1.807) is 0 Å². The van der Waals surface area contributed by atoms with Crippen molar-refractivity contribution < 1.29 is 20.8 Å². The van der Waals surface area contributed by atoms with Crippen LogP contribution in [0.1, 0.15) is 19.8 Å². The quantitative estimate of drug-likeness (QED) is 0.572. The summed E-state index contributed by atoms with van der Waals surface area (Å²) in [7, 11) is 0. The predicted octanol–water partition coefficient (Wildman–Crippen LogP) is 0.370. The van der Waals surface area contributed by atoms with Gasteiger partial charge in [0.25, 0.3) is 0 Å². The molecule has 0 spiro atoms. The molecule has 3 saturated heterocycles. The Labute approximate surface area is 123 Å². The number of carbonyl (C=O) groups is 1. The summed E-state index contributed by atoms with van der Waals surface area (Å²) >= 11 is -3.41. The van der Waals surface area contributed by atoms with Crippen LogP contribution in [0.25, 0.3) is 0 Å². The molecule has 0 atom stereocenters. The van der Waals surface area contributed by atoms with Gasteiger partial charge >= 0.3 is 123 Å². The Morgan fingerprint density at radius 1 is 1.20 bits per heavy atom. The summed E-state index contributed by atoms with van der Waals surface area (Å²) in [6.07, 6.45) is 1.56. The SMILES string of the molecule is CCCCNC(=O)O[CH2][Ge]12[O]CCN(CC[O]1)CC[O]2. The third-order valence-electron chi connectivity index (χ3n) is 3.37. The Morgan fingerprint density at radius 2 is 1.80 bits per heavy atom. The van der Waals surface area contributed by atoms with Crippen LogP contribution in [0, 0.1) is 0 Å². The van der Waals surface area contributed by atoms with Crippen molar-refractivity contribution in [1.29, 1.82) is 0 Å². The Hall–Kier alpha value is -0.347. The number of unbranched alkanes of at least 4 members (excludes halogenated alkanes) is 1. The number of nitrogens with one attached hydrogen (secondary N) is 1. The first-order chi connectivity index (χ1) is 9.74. The van der Waals surface area contributed by atoms with Crippen molar-refractivity contribution >= 4 is 20.4 Å². The van der Waals surface area contributed by atoms with Crippen molar-refractivity contribution in [3.63, 3.8) is 0 Å². The molecule has 0 aliphatic carbocycles. The summed E-state index contributed by atoms with van der Waals surface area (Å²) in [6, 6.07) is 0. The van der Waals surface area contributed by atoms with Crippen LogP contribution in [0.5, 0.6) is 0 Å². The van der Waals surface area contributed by atoms with Gasteiger partial charge in [-0.1, -0.05) is 0 Å². The van der Waals surface area contributed by atoms with Crippen LogP contribution in [0.2, 0.25) is 0 Å². The molecule has 3 fully saturated rings. The van der Waals surface area contributed by atoms with E-state index in [4.69, 9.17) is 16.0 Å². The molecule has 0 saturated carbocycles. The topological polar surface area (TPSA) is 69.3 Å². The van der Waals surface area contributed by atoms with Crippen molar-refractivity contribution in [2.75, 3.05) is 51.4 Å². The summed E-state index contributed by atoms with van der Waals surface area (Å²) in [6.45, 7) is 7.13. The molecule has 0 aromatic heterocycles. The van der Waals surface area contributed by atoms with Crippen molar-refractivity contribution in [3.05, 3.63) is 0 Å². The first-order valence-corrected chi connectivity index (χ1v) is 11.3. The molecular formula is C12H24GeN2O5. The molecule has 1 amide bonds. The van der Waals surface area contributed by atoms with E-state index in [0.29, 0.717) is 26.4 Å². The molecule has 3 rings (SSSR count). The van der Waals surface area contributed by atoms with Gasteiger partial charge in [0.05, 0.1) is 0 Å². The van der Waals surface area contributed by atoms with Crippen LogP contribution in [0.4, 0.5) is 4.79 Å². The van der Waals surface area contributed by atoms with Crippen LogP contribution >= 0.6 is 0 Å². The third-order valence-corrected chi connectivity index (χ3v) is 8.47. The Morgan fingerprint density at radius 3 is 2.35 bits per heavy atom. The summed E-state index contributed by atoms with van der Waals surface area (Å²) in [5.41, 5.74) is 0.137. The van der Waals surface area contributed by atoms with E-state index < -0.39 is 20.4 Å². The van der Waals surface area contributed by atoms with Crippen LogP contribution in [0.3, 0.4) is 0 Å². The number of fused-ring (bicyclic) bond motifs is 6. The molecule has 0 aromatic rings. The van der Waals surface area contributed by atoms with Gasteiger partial charge in [-0.2, -0.15) is 0 Å². The van der Waals surface area contributed by atoms with Gasteiger partial charge in [0, 0.05) is 0 Å². The van der Waals surface area contributed by atoms with E-state index in [-0.39, 0.29) is 5.44 Å². The normalized spacial score (nSPS) is 30.1. The van der Waals surface area contributed by atoms with E-state index in [9.17, 15) is 4.79 Å². The minimum atomic E-state index is -3.41. The molecule has 0 aromatic carbocycles. The maximum atomic E-state index is 11.6. The molecule has 116 valence electrons. The second-order valence-corrected chi connectivity index (χ2v) is 10.2. The number of carbonyl (C=O) groups excluding carboxylic acids is 1. The molecule has 0 radical (unpaired) electrons. The zero-order valence-corrected chi connectivity index (χ0v) is 14.2. The summed E-state index contributed by atoms with van der Waals surface area (Å²) in [4.78, 5) is 13.8. The number of alkyl carbamates (subject to hydrolysis) is 1. The van der Waals surface area contributed by atoms with Crippen molar-refractivity contribution in [3.8, 4) is 0 Å². The summed E-state index contributed by atoms with van der Waals surface area (Å²) in [5.74, 6) is 0. The first kappa shape index (κ1) is 16.0. The summed E-state index contributed by atoms with van der Waals surface area (Å²) in [5, 5.41) is 2.71. The maximum absolute atomic E-state index is 11.6. The molecule has 3 aliphatic heterocycles. The monoisotopic (exact) mass is 350 g/mol. The molecule has 3 heterocycles. The van der Waals surface area contributed by atoms with E-state index in [1.807, 2.05) is 0 Å². The average molecular weight is 349 g/mol. The molecule has 0 unspecified atom stereocenters. The number of hydrogen-bond donors (Lipinski definition) is 1. The molecule has 1 N–H and O–H groups in total. The summed E-state index contributed by atoms with van der Waals surface area (Å²) < 4.78 is 22.7. The van der Waals surface area contributed by atoms with E-state index >= 15 is 0 Å². The van der Waals surface area contributed by atoms with E-state index in [1.165, 1.54) is 0 Å². The molecule has 8 heteroatoms. The van der Waals surface area contributed by atoms with Gasteiger partial charge in [-0.25, -0.2) is 0 Å². The fourth-order valence-corrected chi connectivity index (χ4v) is 6.38. The molecular weight excluding hydrogens is 325 g/mol. The van der Waals surface area contributed by atoms with Crippen molar-refractivity contribution in [1.82, 2.24) is 10.2 Å². The first-order valence-electron chi connectivity index (χ1n) is 7.29. The Kier molecular flexibility index (Phi) is 6.56. The Balaban J connectivity index is 1.80. The van der Waals surface area contributed by atoms with E-state index in [2.05, 4.69) is 17.1 Å². The standard InChI is InChI=1S/C12H24GeN2O5/c1-2-3-4-14-12(16)17-11-13-18-8-5-15(6-9-19-13)7-10-20-13/h2-11H2,1H3,(H,14,16). The molecule has 7 nitrogen and oxygen atoms in total. The zero-order valence-electron chi connectivity index (χ0n) is 12.1. The van der Waals surface area contributed by atoms with Gasteiger partial charge in [0.2, 0.25) is 0 Å². The van der Waals surface area contributed by atoms with Crippen LogP contribution in [-0.4, -0.2) is 76.7 Å². The zero-order chi connectivity index (χ0) is 14.3. The second kappa shape index (κ2) is 8.18. The van der Waals surface area contributed by atoms with E-state index in [0.717, 1.165) is 32.5 Å². The van der Waals surface area contributed by atoms with Gasteiger partial charge in [0.15, 0.2) is 0 Å². The van der Waals surface area contributed by atoms with Crippen LogP contribution in [-0.2, 0) is 16.0 Å². The van der Waals surface area contributed by atoms with Crippen molar-refractivity contribution in [2.45, 2.75) is 19.8 Å². The van der Waals surface area contributed by atoms with Crippen molar-refractivity contribution in [2.24, 2.45) is 0 Å².